The topological polar surface area (TPSA) is 113 Å². The van der Waals surface area contributed by atoms with Crippen molar-refractivity contribution in [3.05, 3.63) is 65.7 Å². The van der Waals surface area contributed by atoms with Crippen molar-refractivity contribution in [2.45, 2.75) is 17.4 Å². The van der Waals surface area contributed by atoms with Gasteiger partial charge in [0, 0.05) is 11.8 Å². The Labute approximate surface area is 156 Å². The van der Waals surface area contributed by atoms with Crippen LogP contribution in [0.5, 0.6) is 0 Å². The molecule has 0 saturated carbocycles. The molecule has 1 saturated heterocycles. The lowest BCUT2D eigenvalue weighted by Crippen LogP contribution is -2.47. The van der Waals surface area contributed by atoms with Crippen molar-refractivity contribution in [3.8, 4) is 0 Å². The highest BCUT2D eigenvalue weighted by Gasteiger charge is 2.50. The summed E-state index contributed by atoms with van der Waals surface area (Å²) in [6.07, 6.45) is 1.02. The number of amides is 4. The van der Waals surface area contributed by atoms with Crippen molar-refractivity contribution in [2.75, 3.05) is 6.26 Å². The number of hydrazine groups is 1. The number of carbonyl (C=O) groups is 3. The van der Waals surface area contributed by atoms with Gasteiger partial charge in [-0.25, -0.2) is 13.2 Å². The molecule has 1 atom stereocenters. The predicted molar refractivity (Wildman–Crippen MR) is 96.2 cm³/mol. The van der Waals surface area contributed by atoms with Crippen LogP contribution in [0, 0.1) is 0 Å². The van der Waals surface area contributed by atoms with Crippen molar-refractivity contribution < 1.29 is 22.8 Å². The van der Waals surface area contributed by atoms with Gasteiger partial charge in [-0.3, -0.25) is 15.0 Å². The van der Waals surface area contributed by atoms with Crippen LogP contribution < -0.4 is 10.7 Å². The average molecular weight is 387 g/mol. The fourth-order valence-corrected chi connectivity index (χ4v) is 3.41. The summed E-state index contributed by atoms with van der Waals surface area (Å²) >= 11 is 0. The molecular weight excluding hydrogens is 370 g/mol. The molecule has 0 radical (unpaired) electrons. The van der Waals surface area contributed by atoms with E-state index in [1.54, 1.807) is 37.3 Å². The van der Waals surface area contributed by atoms with Gasteiger partial charge in [-0.2, -0.15) is 5.01 Å². The highest BCUT2D eigenvalue weighted by molar-refractivity contribution is 7.90. The molecule has 2 N–H and O–H groups in total. The van der Waals surface area contributed by atoms with E-state index < -0.39 is 33.2 Å². The lowest BCUT2D eigenvalue weighted by atomic mass is 9.92. The van der Waals surface area contributed by atoms with E-state index in [1.165, 1.54) is 24.3 Å². The fraction of sp³-hybridized carbons (Fsp3) is 0.167. The zero-order valence-corrected chi connectivity index (χ0v) is 15.4. The summed E-state index contributed by atoms with van der Waals surface area (Å²) in [5.41, 5.74) is 1.49. The SMILES string of the molecule is CC1(c2ccccc2)NC(=O)N(NC(=O)c2cccc(S(C)(=O)=O)c2)C1=O. The van der Waals surface area contributed by atoms with Crippen LogP contribution >= 0.6 is 0 Å². The summed E-state index contributed by atoms with van der Waals surface area (Å²) < 4.78 is 23.3. The summed E-state index contributed by atoms with van der Waals surface area (Å²) in [6.45, 7) is 1.54. The summed E-state index contributed by atoms with van der Waals surface area (Å²) in [7, 11) is -3.50. The number of sulfone groups is 1. The van der Waals surface area contributed by atoms with E-state index in [0.29, 0.717) is 10.6 Å². The van der Waals surface area contributed by atoms with E-state index in [9.17, 15) is 22.8 Å². The third kappa shape index (κ3) is 3.41. The largest absolute Gasteiger partial charge is 0.344 e. The van der Waals surface area contributed by atoms with Crippen LogP contribution in [0.4, 0.5) is 4.79 Å². The summed E-state index contributed by atoms with van der Waals surface area (Å²) in [5, 5.41) is 3.17. The highest BCUT2D eigenvalue weighted by Crippen LogP contribution is 2.27. The molecule has 140 valence electrons. The number of carbonyl (C=O) groups excluding carboxylic acids is 3. The number of benzene rings is 2. The Morgan fingerprint density at radius 3 is 2.37 bits per heavy atom. The molecule has 8 nitrogen and oxygen atoms in total. The van der Waals surface area contributed by atoms with Gasteiger partial charge in [0.05, 0.1) is 4.90 Å². The number of nitrogens with one attached hydrogen (secondary N) is 2. The maximum Gasteiger partial charge on any atom is 0.344 e. The summed E-state index contributed by atoms with van der Waals surface area (Å²) in [4.78, 5) is 37.4. The van der Waals surface area contributed by atoms with E-state index in [2.05, 4.69) is 10.7 Å². The van der Waals surface area contributed by atoms with Crippen molar-refractivity contribution in [2.24, 2.45) is 0 Å². The second-order valence-electron chi connectivity index (χ2n) is 6.30. The monoisotopic (exact) mass is 387 g/mol. The number of imide groups is 1. The third-order valence-electron chi connectivity index (χ3n) is 4.28. The minimum Gasteiger partial charge on any atom is -0.318 e. The first-order valence-corrected chi connectivity index (χ1v) is 9.85. The Morgan fingerprint density at radius 1 is 1.07 bits per heavy atom. The van der Waals surface area contributed by atoms with Gasteiger partial charge >= 0.3 is 6.03 Å². The molecule has 9 heteroatoms. The Hall–Kier alpha value is -3.20. The normalized spacial score (nSPS) is 19.7. The fourth-order valence-electron chi connectivity index (χ4n) is 2.74. The smallest absolute Gasteiger partial charge is 0.318 e. The van der Waals surface area contributed by atoms with Crippen LogP contribution in [0.1, 0.15) is 22.8 Å². The molecule has 1 aliphatic rings. The minimum absolute atomic E-state index is 0.00633. The molecule has 1 unspecified atom stereocenters. The minimum atomic E-state index is -3.50. The second kappa shape index (κ2) is 6.51. The van der Waals surface area contributed by atoms with Crippen LogP contribution in [0.15, 0.2) is 59.5 Å². The molecule has 0 aliphatic carbocycles. The molecule has 3 rings (SSSR count). The van der Waals surface area contributed by atoms with Crippen LogP contribution in [-0.2, 0) is 20.2 Å². The molecule has 2 aromatic carbocycles. The number of rotatable bonds is 4. The summed E-state index contributed by atoms with van der Waals surface area (Å²) in [5.74, 6) is -1.42. The van der Waals surface area contributed by atoms with E-state index in [1.807, 2.05) is 0 Å². The van der Waals surface area contributed by atoms with Crippen molar-refractivity contribution in [1.29, 1.82) is 0 Å². The van der Waals surface area contributed by atoms with Crippen LogP contribution in [-0.4, -0.2) is 37.5 Å². The summed E-state index contributed by atoms with van der Waals surface area (Å²) in [6, 6.07) is 13.2. The second-order valence-corrected chi connectivity index (χ2v) is 8.32. The molecule has 1 heterocycles. The van der Waals surface area contributed by atoms with Gasteiger partial charge in [0.1, 0.15) is 5.54 Å². The van der Waals surface area contributed by atoms with E-state index in [-0.39, 0.29) is 10.5 Å². The zero-order chi connectivity index (χ0) is 19.8. The Kier molecular flexibility index (Phi) is 4.48. The van der Waals surface area contributed by atoms with Crippen LogP contribution in [0.2, 0.25) is 0 Å². The average Bonchev–Trinajstić information content (AvgIpc) is 2.86. The predicted octanol–water partition coefficient (Wildman–Crippen LogP) is 1.20. The number of urea groups is 1. The van der Waals surface area contributed by atoms with Crippen LogP contribution in [0.3, 0.4) is 0 Å². The van der Waals surface area contributed by atoms with Gasteiger partial charge in [0.25, 0.3) is 11.8 Å². The maximum absolute atomic E-state index is 12.8. The number of hydrogen-bond acceptors (Lipinski definition) is 5. The van der Waals surface area contributed by atoms with Gasteiger partial charge in [-0.1, -0.05) is 36.4 Å². The Bertz CT molecular complexity index is 1040. The first kappa shape index (κ1) is 18.6. The van der Waals surface area contributed by atoms with Gasteiger partial charge in [0.15, 0.2) is 9.84 Å². The molecule has 0 spiro atoms. The molecule has 0 bridgehead atoms. The van der Waals surface area contributed by atoms with Gasteiger partial charge in [-0.05, 0) is 30.7 Å². The van der Waals surface area contributed by atoms with Crippen molar-refractivity contribution in [1.82, 2.24) is 15.8 Å². The van der Waals surface area contributed by atoms with Crippen LogP contribution in [0.25, 0.3) is 0 Å². The van der Waals surface area contributed by atoms with Crippen molar-refractivity contribution >= 4 is 27.7 Å². The standard InChI is InChI=1S/C18H17N3O5S/c1-18(13-8-4-3-5-9-13)16(23)21(17(24)19-18)20-15(22)12-7-6-10-14(11-12)27(2,25)26/h3-11H,1-2H3,(H,19,24)(H,20,22). The highest BCUT2D eigenvalue weighted by atomic mass is 32.2. The van der Waals surface area contributed by atoms with Crippen molar-refractivity contribution in [3.63, 3.8) is 0 Å². The van der Waals surface area contributed by atoms with E-state index >= 15 is 0 Å². The molecule has 1 fully saturated rings. The lowest BCUT2D eigenvalue weighted by molar-refractivity contribution is -0.132. The molecule has 4 amide bonds. The van der Waals surface area contributed by atoms with E-state index in [0.717, 1.165) is 6.26 Å². The quantitative estimate of drug-likeness (QED) is 0.766. The third-order valence-corrected chi connectivity index (χ3v) is 5.39. The molecule has 2 aromatic rings. The lowest BCUT2D eigenvalue weighted by Gasteiger charge is -2.22. The Balaban J connectivity index is 1.85. The zero-order valence-electron chi connectivity index (χ0n) is 14.6. The molecular formula is C18H17N3O5S. The first-order chi connectivity index (χ1) is 12.6. The molecule has 0 aromatic heterocycles. The van der Waals surface area contributed by atoms with E-state index in [4.69, 9.17) is 0 Å². The van der Waals surface area contributed by atoms with Gasteiger partial charge in [0.2, 0.25) is 0 Å². The molecule has 1 aliphatic heterocycles. The van der Waals surface area contributed by atoms with Gasteiger partial charge in [-0.15, -0.1) is 0 Å². The maximum atomic E-state index is 12.8. The first-order valence-electron chi connectivity index (χ1n) is 7.96. The number of nitrogens with zero attached hydrogens (tertiary/aromatic N) is 1. The molecule has 27 heavy (non-hydrogen) atoms. The number of hydrogen-bond donors (Lipinski definition) is 2. The van der Waals surface area contributed by atoms with Gasteiger partial charge < -0.3 is 5.32 Å². The Morgan fingerprint density at radius 2 is 1.74 bits per heavy atom.